The fourth-order valence-electron chi connectivity index (χ4n) is 2.58. The van der Waals surface area contributed by atoms with Gasteiger partial charge in [-0.25, -0.2) is 0 Å². The summed E-state index contributed by atoms with van der Waals surface area (Å²) in [5.41, 5.74) is 1.36. The van der Waals surface area contributed by atoms with E-state index in [4.69, 9.17) is 0 Å². The van der Waals surface area contributed by atoms with Crippen LogP contribution in [0, 0.1) is 0 Å². The minimum Gasteiger partial charge on any atom is -0.314 e. The average Bonchev–Trinajstić information content (AvgIpc) is 2.48. The van der Waals surface area contributed by atoms with Gasteiger partial charge in [0.2, 0.25) is 0 Å². The Bertz CT molecular complexity index is 532. The van der Waals surface area contributed by atoms with Gasteiger partial charge in [-0.15, -0.1) is 0 Å². The molecule has 1 aliphatic heterocycles. The largest absolute Gasteiger partial charge is 0.314 e. The Hall–Kier alpha value is -1.42. The molecule has 0 spiro atoms. The molecule has 0 aliphatic carbocycles. The predicted molar refractivity (Wildman–Crippen MR) is 80.1 cm³/mol. The molecule has 0 radical (unpaired) electrons. The molecule has 2 aromatic carbocycles. The first kappa shape index (κ1) is 12.6. The van der Waals surface area contributed by atoms with E-state index in [1.807, 2.05) is 0 Å². The molecular formula is C16H21N3. The Kier molecular flexibility index (Phi) is 4.08. The molecule has 100 valence electrons. The zero-order chi connectivity index (χ0) is 12.9. The maximum Gasteiger partial charge on any atom is 0.0484 e. The Labute approximate surface area is 114 Å². The van der Waals surface area contributed by atoms with Gasteiger partial charge in [-0.1, -0.05) is 36.4 Å². The van der Waals surface area contributed by atoms with Crippen LogP contribution >= 0.6 is 0 Å². The molecule has 1 saturated heterocycles. The highest BCUT2D eigenvalue weighted by Crippen LogP contribution is 2.15. The van der Waals surface area contributed by atoms with E-state index in [9.17, 15) is 0 Å². The molecule has 2 N–H and O–H groups in total. The molecule has 0 bridgehead atoms. The van der Waals surface area contributed by atoms with Crippen molar-refractivity contribution < 1.29 is 0 Å². The smallest absolute Gasteiger partial charge is 0.0484 e. The van der Waals surface area contributed by atoms with E-state index in [0.717, 1.165) is 39.4 Å². The van der Waals surface area contributed by atoms with Gasteiger partial charge in [0.15, 0.2) is 0 Å². The van der Waals surface area contributed by atoms with E-state index >= 15 is 0 Å². The van der Waals surface area contributed by atoms with Crippen molar-refractivity contribution in [2.24, 2.45) is 0 Å². The lowest BCUT2D eigenvalue weighted by Crippen LogP contribution is -2.46. The number of hydrogen-bond donors (Lipinski definition) is 2. The lowest BCUT2D eigenvalue weighted by Gasteiger charge is -2.27. The van der Waals surface area contributed by atoms with Crippen LogP contribution in [0.2, 0.25) is 0 Å². The minimum atomic E-state index is 0.939. The van der Waals surface area contributed by atoms with E-state index in [0.29, 0.717) is 0 Å². The van der Waals surface area contributed by atoms with Crippen molar-refractivity contribution in [2.75, 3.05) is 32.8 Å². The highest BCUT2D eigenvalue weighted by molar-refractivity contribution is 5.82. The number of hydrogen-bond acceptors (Lipinski definition) is 3. The summed E-state index contributed by atoms with van der Waals surface area (Å²) in [5, 5.41) is 9.54. The van der Waals surface area contributed by atoms with Crippen LogP contribution in [-0.4, -0.2) is 37.7 Å². The fourth-order valence-corrected chi connectivity index (χ4v) is 2.58. The highest BCUT2D eigenvalue weighted by Gasteiger charge is 2.07. The number of nitrogens with zero attached hydrogens (tertiary/aromatic N) is 1. The molecule has 0 aromatic heterocycles. The molecule has 3 nitrogen and oxygen atoms in total. The molecular weight excluding hydrogens is 234 g/mol. The Balaban J connectivity index is 1.56. The standard InChI is InChI=1S/C16H21N3/c1-2-4-16-11-14(5-6-15(16)3-1)12-18-13-19-9-7-17-8-10-19/h1-6,11,17-18H,7-10,12-13H2. The van der Waals surface area contributed by atoms with Crippen molar-refractivity contribution in [3.8, 4) is 0 Å². The van der Waals surface area contributed by atoms with Gasteiger partial charge < -0.3 is 10.6 Å². The first-order valence-electron chi connectivity index (χ1n) is 7.03. The molecule has 0 atom stereocenters. The quantitative estimate of drug-likeness (QED) is 0.872. The van der Waals surface area contributed by atoms with Crippen LogP contribution in [0.15, 0.2) is 42.5 Å². The Morgan fingerprint density at radius 1 is 1.00 bits per heavy atom. The summed E-state index contributed by atoms with van der Waals surface area (Å²) < 4.78 is 0. The molecule has 3 heteroatoms. The molecule has 0 saturated carbocycles. The van der Waals surface area contributed by atoms with E-state index in [1.165, 1.54) is 16.3 Å². The maximum absolute atomic E-state index is 3.53. The summed E-state index contributed by atoms with van der Waals surface area (Å²) in [6.07, 6.45) is 0. The van der Waals surface area contributed by atoms with Crippen LogP contribution in [0.1, 0.15) is 5.56 Å². The predicted octanol–water partition coefficient (Wildman–Crippen LogP) is 1.79. The lowest BCUT2D eigenvalue weighted by atomic mass is 10.1. The van der Waals surface area contributed by atoms with Crippen molar-refractivity contribution in [3.05, 3.63) is 48.0 Å². The zero-order valence-corrected chi connectivity index (χ0v) is 11.2. The SMILES string of the molecule is c1ccc2cc(CNCN3CCNCC3)ccc2c1. The molecule has 2 aromatic rings. The first-order valence-corrected chi connectivity index (χ1v) is 7.03. The van der Waals surface area contributed by atoms with E-state index in [-0.39, 0.29) is 0 Å². The van der Waals surface area contributed by atoms with Gasteiger partial charge in [0, 0.05) is 39.4 Å². The van der Waals surface area contributed by atoms with E-state index in [1.54, 1.807) is 0 Å². The average molecular weight is 255 g/mol. The van der Waals surface area contributed by atoms with Gasteiger partial charge in [-0.3, -0.25) is 4.90 Å². The van der Waals surface area contributed by atoms with Gasteiger partial charge in [-0.05, 0) is 22.4 Å². The van der Waals surface area contributed by atoms with E-state index < -0.39 is 0 Å². The van der Waals surface area contributed by atoms with Crippen molar-refractivity contribution >= 4 is 10.8 Å². The number of rotatable bonds is 4. The summed E-state index contributed by atoms with van der Waals surface area (Å²) in [4.78, 5) is 2.46. The van der Waals surface area contributed by atoms with Gasteiger partial charge in [-0.2, -0.15) is 0 Å². The van der Waals surface area contributed by atoms with Gasteiger partial charge in [0.25, 0.3) is 0 Å². The number of nitrogens with one attached hydrogen (secondary N) is 2. The molecule has 1 fully saturated rings. The third kappa shape index (κ3) is 3.32. The monoisotopic (exact) mass is 255 g/mol. The van der Waals surface area contributed by atoms with Crippen LogP contribution in [-0.2, 0) is 6.54 Å². The van der Waals surface area contributed by atoms with Gasteiger partial charge in [0.05, 0.1) is 0 Å². The molecule has 1 aliphatic rings. The second-order valence-corrected chi connectivity index (χ2v) is 5.13. The third-order valence-electron chi connectivity index (χ3n) is 3.69. The van der Waals surface area contributed by atoms with Gasteiger partial charge in [0.1, 0.15) is 0 Å². The number of piperazine rings is 1. The first-order chi connectivity index (χ1) is 9.42. The third-order valence-corrected chi connectivity index (χ3v) is 3.69. The summed E-state index contributed by atoms with van der Waals surface area (Å²) in [6, 6.07) is 15.2. The Morgan fingerprint density at radius 3 is 2.63 bits per heavy atom. The second-order valence-electron chi connectivity index (χ2n) is 5.13. The lowest BCUT2D eigenvalue weighted by molar-refractivity contribution is 0.223. The topological polar surface area (TPSA) is 27.3 Å². The van der Waals surface area contributed by atoms with Crippen LogP contribution in [0.25, 0.3) is 10.8 Å². The summed E-state index contributed by atoms with van der Waals surface area (Å²) in [6.45, 7) is 6.42. The summed E-state index contributed by atoms with van der Waals surface area (Å²) >= 11 is 0. The van der Waals surface area contributed by atoms with Crippen molar-refractivity contribution in [1.82, 2.24) is 15.5 Å². The maximum atomic E-state index is 3.53. The van der Waals surface area contributed by atoms with Crippen LogP contribution in [0.5, 0.6) is 0 Å². The van der Waals surface area contributed by atoms with E-state index in [2.05, 4.69) is 58.0 Å². The molecule has 0 unspecified atom stereocenters. The van der Waals surface area contributed by atoms with Crippen molar-refractivity contribution in [3.63, 3.8) is 0 Å². The number of benzene rings is 2. The minimum absolute atomic E-state index is 0.939. The molecule has 19 heavy (non-hydrogen) atoms. The number of fused-ring (bicyclic) bond motifs is 1. The molecule has 0 amide bonds. The van der Waals surface area contributed by atoms with Gasteiger partial charge >= 0.3 is 0 Å². The molecule has 3 rings (SSSR count). The van der Waals surface area contributed by atoms with Crippen molar-refractivity contribution in [2.45, 2.75) is 6.54 Å². The summed E-state index contributed by atoms with van der Waals surface area (Å²) in [7, 11) is 0. The fraction of sp³-hybridized carbons (Fsp3) is 0.375. The summed E-state index contributed by atoms with van der Waals surface area (Å²) in [5.74, 6) is 0. The normalized spacial score (nSPS) is 16.8. The second kappa shape index (κ2) is 6.15. The molecule has 1 heterocycles. The van der Waals surface area contributed by atoms with Crippen LogP contribution < -0.4 is 10.6 Å². The Morgan fingerprint density at radius 2 is 1.79 bits per heavy atom. The van der Waals surface area contributed by atoms with Crippen molar-refractivity contribution in [1.29, 1.82) is 0 Å². The van der Waals surface area contributed by atoms with Crippen LogP contribution in [0.3, 0.4) is 0 Å². The zero-order valence-electron chi connectivity index (χ0n) is 11.2. The highest BCUT2D eigenvalue weighted by atomic mass is 15.2. The van der Waals surface area contributed by atoms with Crippen LogP contribution in [0.4, 0.5) is 0 Å².